The first-order valence-electron chi connectivity index (χ1n) is 13.4. The third-order valence-corrected chi connectivity index (χ3v) is 8.14. The molecule has 200 valence electrons. The van der Waals surface area contributed by atoms with Crippen LogP contribution >= 0.6 is 23.2 Å². The van der Waals surface area contributed by atoms with Crippen LogP contribution in [0.25, 0.3) is 0 Å². The molecule has 1 atom stereocenters. The predicted octanol–water partition coefficient (Wildman–Crippen LogP) is 7.24. The minimum Gasteiger partial charge on any atom is -0.352 e. The summed E-state index contributed by atoms with van der Waals surface area (Å²) in [5.41, 5.74) is 4.97. The summed E-state index contributed by atoms with van der Waals surface area (Å²) < 4.78 is 0. The van der Waals surface area contributed by atoms with Gasteiger partial charge in [0.25, 0.3) is 0 Å². The first kappa shape index (κ1) is 28.2. The number of nitrogens with zero attached hydrogens (tertiary/aromatic N) is 1. The highest BCUT2D eigenvalue weighted by Gasteiger charge is 2.32. The molecule has 1 saturated carbocycles. The topological polar surface area (TPSA) is 49.4 Å². The molecule has 1 aliphatic carbocycles. The van der Waals surface area contributed by atoms with Gasteiger partial charge in [-0.25, -0.2) is 0 Å². The Morgan fingerprint density at radius 2 is 1.63 bits per heavy atom. The smallest absolute Gasteiger partial charge is 0.243 e. The van der Waals surface area contributed by atoms with Gasteiger partial charge in [-0.3, -0.25) is 9.59 Å². The van der Waals surface area contributed by atoms with E-state index in [0.717, 1.165) is 53.5 Å². The largest absolute Gasteiger partial charge is 0.352 e. The van der Waals surface area contributed by atoms with Crippen molar-refractivity contribution in [1.29, 1.82) is 0 Å². The van der Waals surface area contributed by atoms with E-state index in [1.54, 1.807) is 17.0 Å². The van der Waals surface area contributed by atoms with Gasteiger partial charge in [-0.05, 0) is 61.1 Å². The van der Waals surface area contributed by atoms with Crippen LogP contribution in [0, 0.1) is 13.8 Å². The lowest BCUT2D eigenvalue weighted by molar-refractivity contribution is -0.141. The zero-order valence-corrected chi connectivity index (χ0v) is 23.7. The molecule has 0 aromatic heterocycles. The second-order valence-corrected chi connectivity index (χ2v) is 11.2. The zero-order valence-electron chi connectivity index (χ0n) is 22.2. The highest BCUT2D eigenvalue weighted by Crippen LogP contribution is 2.25. The van der Waals surface area contributed by atoms with E-state index in [1.165, 1.54) is 6.42 Å². The molecule has 0 aliphatic heterocycles. The Morgan fingerprint density at radius 3 is 2.34 bits per heavy atom. The first-order chi connectivity index (χ1) is 18.3. The van der Waals surface area contributed by atoms with E-state index in [0.29, 0.717) is 16.5 Å². The summed E-state index contributed by atoms with van der Waals surface area (Å²) in [5, 5.41) is 4.17. The molecule has 0 bridgehead atoms. The molecular weight excluding hydrogens is 515 g/mol. The van der Waals surface area contributed by atoms with Crippen LogP contribution in [-0.2, 0) is 29.0 Å². The number of hydrogen-bond donors (Lipinski definition) is 1. The van der Waals surface area contributed by atoms with Crippen LogP contribution in [0.1, 0.15) is 59.9 Å². The number of aryl methyl sites for hydroxylation is 2. The minimum atomic E-state index is -0.661. The summed E-state index contributed by atoms with van der Waals surface area (Å²) in [6.07, 6.45) is 6.05. The van der Waals surface area contributed by atoms with Gasteiger partial charge >= 0.3 is 0 Å². The van der Waals surface area contributed by atoms with Crippen molar-refractivity contribution in [3.05, 3.63) is 105 Å². The third kappa shape index (κ3) is 7.61. The summed E-state index contributed by atoms with van der Waals surface area (Å²) in [7, 11) is 0. The van der Waals surface area contributed by atoms with E-state index >= 15 is 0 Å². The summed E-state index contributed by atoms with van der Waals surface area (Å²) in [4.78, 5) is 29.7. The molecule has 2 amide bonds. The standard InChI is InChI=1S/C32H36Cl2N2O2/c1-22-13-14-23(2)26(17-22)20-31(37)36(21-25-15-16-28(33)29(34)18-25)30(19-24-9-5-3-6-10-24)32(38)35-27-11-7-4-8-12-27/h3,5-6,9-10,13-18,27,30H,4,7-8,11-12,19-21H2,1-2H3,(H,35,38). The van der Waals surface area contributed by atoms with Crippen LogP contribution in [0.15, 0.2) is 66.7 Å². The van der Waals surface area contributed by atoms with E-state index in [1.807, 2.05) is 62.4 Å². The van der Waals surface area contributed by atoms with Crippen LogP contribution in [-0.4, -0.2) is 28.8 Å². The second kappa shape index (κ2) is 13.3. The van der Waals surface area contributed by atoms with E-state index in [-0.39, 0.29) is 30.8 Å². The number of nitrogens with one attached hydrogen (secondary N) is 1. The fourth-order valence-electron chi connectivity index (χ4n) is 5.19. The Morgan fingerprint density at radius 1 is 0.895 bits per heavy atom. The lowest BCUT2D eigenvalue weighted by Crippen LogP contribution is -2.53. The fourth-order valence-corrected chi connectivity index (χ4v) is 5.51. The minimum absolute atomic E-state index is 0.0931. The second-order valence-electron chi connectivity index (χ2n) is 10.4. The highest BCUT2D eigenvalue weighted by molar-refractivity contribution is 6.42. The average molecular weight is 552 g/mol. The number of hydrogen-bond acceptors (Lipinski definition) is 2. The van der Waals surface area contributed by atoms with Gasteiger partial charge in [0.1, 0.15) is 6.04 Å². The Labute approximate surface area is 236 Å². The average Bonchev–Trinajstić information content (AvgIpc) is 2.91. The van der Waals surface area contributed by atoms with Crippen molar-refractivity contribution in [3.63, 3.8) is 0 Å². The van der Waals surface area contributed by atoms with Crippen LogP contribution in [0.5, 0.6) is 0 Å². The van der Waals surface area contributed by atoms with Gasteiger partial charge in [-0.15, -0.1) is 0 Å². The van der Waals surface area contributed by atoms with Crippen molar-refractivity contribution >= 4 is 35.0 Å². The van der Waals surface area contributed by atoms with Crippen molar-refractivity contribution in [2.75, 3.05) is 0 Å². The van der Waals surface area contributed by atoms with Crippen LogP contribution in [0.2, 0.25) is 10.0 Å². The van der Waals surface area contributed by atoms with Crippen molar-refractivity contribution in [2.24, 2.45) is 0 Å². The molecule has 6 heteroatoms. The normalized spacial score (nSPS) is 14.6. The molecule has 4 rings (SSSR count). The molecule has 4 nitrogen and oxygen atoms in total. The van der Waals surface area contributed by atoms with Crippen molar-refractivity contribution in [3.8, 4) is 0 Å². The Kier molecular flexibility index (Phi) is 9.87. The van der Waals surface area contributed by atoms with Crippen LogP contribution in [0.4, 0.5) is 0 Å². The lowest BCUT2D eigenvalue weighted by Gasteiger charge is -2.34. The van der Waals surface area contributed by atoms with E-state index in [9.17, 15) is 9.59 Å². The van der Waals surface area contributed by atoms with E-state index < -0.39 is 6.04 Å². The number of halogens is 2. The summed E-state index contributed by atoms with van der Waals surface area (Å²) in [5.74, 6) is -0.195. The molecular formula is C32H36Cl2N2O2. The van der Waals surface area contributed by atoms with Gasteiger partial charge in [-0.1, -0.05) is 103 Å². The molecule has 0 saturated heterocycles. The maximum Gasteiger partial charge on any atom is 0.243 e. The molecule has 1 N–H and O–H groups in total. The quantitative estimate of drug-likeness (QED) is 0.305. The van der Waals surface area contributed by atoms with Crippen molar-refractivity contribution in [1.82, 2.24) is 10.2 Å². The van der Waals surface area contributed by atoms with Gasteiger partial charge in [0.2, 0.25) is 11.8 Å². The Hall–Kier alpha value is -2.82. The van der Waals surface area contributed by atoms with Gasteiger partial charge < -0.3 is 10.2 Å². The number of carbonyl (C=O) groups is 2. The highest BCUT2D eigenvalue weighted by atomic mass is 35.5. The number of benzene rings is 3. The third-order valence-electron chi connectivity index (χ3n) is 7.41. The van der Waals surface area contributed by atoms with E-state index in [4.69, 9.17) is 23.2 Å². The summed E-state index contributed by atoms with van der Waals surface area (Å²) in [6, 6.07) is 20.9. The molecule has 0 heterocycles. The molecule has 1 fully saturated rings. The SMILES string of the molecule is Cc1ccc(C)c(CC(=O)N(Cc2ccc(Cl)c(Cl)c2)C(Cc2ccccc2)C(=O)NC2CCCCC2)c1. The number of rotatable bonds is 9. The number of carbonyl (C=O) groups excluding carboxylic acids is 2. The number of amides is 2. The maximum absolute atomic E-state index is 14.0. The Bertz CT molecular complexity index is 1260. The maximum atomic E-state index is 14.0. The van der Waals surface area contributed by atoms with Gasteiger partial charge in [0, 0.05) is 19.0 Å². The van der Waals surface area contributed by atoms with Gasteiger partial charge in [-0.2, -0.15) is 0 Å². The predicted molar refractivity (Wildman–Crippen MR) is 156 cm³/mol. The molecule has 1 aliphatic rings. The molecule has 38 heavy (non-hydrogen) atoms. The molecule has 0 spiro atoms. The van der Waals surface area contributed by atoms with Gasteiger partial charge in [0.15, 0.2) is 0 Å². The van der Waals surface area contributed by atoms with E-state index in [2.05, 4.69) is 11.4 Å². The first-order valence-corrected chi connectivity index (χ1v) is 14.2. The molecule has 1 unspecified atom stereocenters. The zero-order chi connectivity index (χ0) is 27.1. The molecule has 3 aromatic carbocycles. The van der Waals surface area contributed by atoms with Crippen molar-refractivity contribution in [2.45, 2.75) is 77.4 Å². The van der Waals surface area contributed by atoms with Crippen LogP contribution < -0.4 is 5.32 Å². The fraction of sp³-hybridized carbons (Fsp3) is 0.375. The summed E-state index contributed by atoms with van der Waals surface area (Å²) in [6.45, 7) is 4.30. The molecule has 3 aromatic rings. The van der Waals surface area contributed by atoms with Crippen molar-refractivity contribution < 1.29 is 9.59 Å². The summed E-state index contributed by atoms with van der Waals surface area (Å²) >= 11 is 12.5. The Balaban J connectivity index is 1.69. The monoisotopic (exact) mass is 550 g/mol. The van der Waals surface area contributed by atoms with Gasteiger partial charge in [0.05, 0.1) is 16.5 Å². The lowest BCUT2D eigenvalue weighted by atomic mass is 9.94. The van der Waals surface area contributed by atoms with Crippen LogP contribution in [0.3, 0.4) is 0 Å². The molecule has 0 radical (unpaired) electrons.